The number of hydrogen-bond donors (Lipinski definition) is 0. The zero-order valence-electron chi connectivity index (χ0n) is 33.6. The van der Waals surface area contributed by atoms with Gasteiger partial charge in [-0.25, -0.2) is 39.9 Å². The molecule has 8 heterocycles. The normalized spacial score (nSPS) is 9.42. The second kappa shape index (κ2) is 29.6. The number of pyridine rings is 8. The van der Waals surface area contributed by atoms with Gasteiger partial charge in [0.2, 0.25) is 0 Å². The summed E-state index contributed by atoms with van der Waals surface area (Å²) in [6, 6.07) is 40.2. The molecule has 0 aliphatic carbocycles. The molecule has 0 saturated heterocycles. The number of rotatable bonds is 16. The summed E-state index contributed by atoms with van der Waals surface area (Å²) in [6.07, 6.45) is 12.2. The first-order chi connectivity index (χ1) is 31.4. The van der Waals surface area contributed by atoms with Crippen molar-refractivity contribution in [3.63, 3.8) is 0 Å². The Labute approximate surface area is 386 Å². The van der Waals surface area contributed by atoms with E-state index in [0.717, 1.165) is 0 Å². The fourth-order valence-corrected chi connectivity index (χ4v) is 4.22. The smallest absolute Gasteiger partial charge is 0.808 e. The molecule has 0 radical (unpaired) electrons. The van der Waals surface area contributed by atoms with Crippen LogP contribution in [0.5, 0.6) is 47.0 Å². The van der Waals surface area contributed by atoms with E-state index in [-0.39, 0.29) is 66.5 Å². The van der Waals surface area contributed by atoms with Gasteiger partial charge in [-0.05, 0) is 97.1 Å². The van der Waals surface area contributed by atoms with Crippen molar-refractivity contribution in [2.24, 2.45) is 0 Å². The Bertz CT molecular complexity index is 1890. The first-order valence-electron chi connectivity index (χ1n) is 18.6. The van der Waals surface area contributed by atoms with Crippen molar-refractivity contribution in [1.29, 1.82) is 0 Å². The van der Waals surface area contributed by atoms with E-state index in [0.29, 0.717) is 0 Å². The third-order valence-corrected chi connectivity index (χ3v) is 6.84. The minimum Gasteiger partial charge on any atom is -0.808 e. The molecule has 0 amide bonds. The third-order valence-electron chi connectivity index (χ3n) is 6.84. The molecular weight excluding hydrogens is 929 g/mol. The molecule has 0 saturated carbocycles. The van der Waals surface area contributed by atoms with Gasteiger partial charge in [0.1, 0.15) is 0 Å². The van der Waals surface area contributed by atoms with Gasteiger partial charge in [0, 0.05) is 49.6 Å². The topological polar surface area (TPSA) is 269 Å². The molecule has 0 unspecified atom stereocenters. The second-order valence-corrected chi connectivity index (χ2v) is 11.4. The molecule has 8 aromatic rings. The van der Waals surface area contributed by atoms with Gasteiger partial charge in [-0.2, -0.15) is 0 Å². The summed E-state index contributed by atoms with van der Waals surface area (Å²) in [4.78, 5) is 30.7. The van der Waals surface area contributed by atoms with Crippen molar-refractivity contribution >= 4 is 29.3 Å². The van der Waals surface area contributed by atoms with Crippen molar-refractivity contribution < 1.29 is 76.8 Å². The van der Waals surface area contributed by atoms with Crippen molar-refractivity contribution in [2.45, 2.75) is 0 Å². The Morgan fingerprint density at radius 1 is 0.231 bits per heavy atom. The Balaban J connectivity index is 0.000000189. The molecule has 0 bridgehead atoms. The second-order valence-electron chi connectivity index (χ2n) is 11.4. The number of nitrogens with zero attached hydrogens (tertiary/aromatic N) is 8. The molecule has 20 nitrogen and oxygen atoms in total. The Morgan fingerprint density at radius 3 is 0.446 bits per heavy atom. The maximum Gasteiger partial charge on any atom is 4.00 e. The molecule has 8 rings (SSSR count). The Morgan fingerprint density at radius 2 is 0.354 bits per heavy atom. The van der Waals surface area contributed by atoms with Crippen molar-refractivity contribution in [3.8, 4) is 47.0 Å². The summed E-state index contributed by atoms with van der Waals surface area (Å²) in [6.45, 7) is 0. The maximum absolute atomic E-state index is 11.3. The average Bonchev–Trinajstić information content (AvgIpc) is 3.32. The molecular formula is C40H32B4N8O12Ru. The molecule has 0 aliphatic rings. The van der Waals surface area contributed by atoms with Crippen LogP contribution in [0.4, 0.5) is 0 Å². The van der Waals surface area contributed by atoms with E-state index in [1.165, 1.54) is 49.6 Å². The van der Waals surface area contributed by atoms with Gasteiger partial charge in [-0.15, -0.1) is 0 Å². The van der Waals surface area contributed by atoms with Crippen molar-refractivity contribution in [1.82, 2.24) is 39.9 Å². The van der Waals surface area contributed by atoms with E-state index in [1.54, 1.807) is 146 Å². The molecule has 0 spiro atoms. The van der Waals surface area contributed by atoms with Crippen LogP contribution < -0.4 is 57.3 Å². The number of aromatic nitrogens is 8. The van der Waals surface area contributed by atoms with Gasteiger partial charge in [0.25, 0.3) is 0 Å². The largest absolute Gasteiger partial charge is 4.00 e. The fraction of sp³-hybridized carbons (Fsp3) is 0. The number of hydrogen-bond acceptors (Lipinski definition) is 20. The van der Waals surface area contributed by atoms with Crippen LogP contribution >= 0.6 is 0 Å². The van der Waals surface area contributed by atoms with Gasteiger partial charge in [0.05, 0.1) is 0 Å². The summed E-state index contributed by atoms with van der Waals surface area (Å²) in [7, 11) is -6.70. The average molecular weight is 961 g/mol. The molecule has 0 N–H and O–H groups in total. The van der Waals surface area contributed by atoms with Crippen LogP contribution in [0.15, 0.2) is 195 Å². The zero-order chi connectivity index (χ0) is 44.9. The van der Waals surface area contributed by atoms with Crippen LogP contribution in [0.2, 0.25) is 0 Å². The molecule has 0 aliphatic heterocycles. The van der Waals surface area contributed by atoms with E-state index in [4.69, 9.17) is 37.2 Å². The summed E-state index contributed by atoms with van der Waals surface area (Å²) >= 11 is 0. The molecule has 0 aromatic carbocycles. The van der Waals surface area contributed by atoms with Crippen LogP contribution in [-0.2, 0) is 19.5 Å². The van der Waals surface area contributed by atoms with E-state index < -0.39 is 29.3 Å². The summed E-state index contributed by atoms with van der Waals surface area (Å²) < 4.78 is 39.1. The van der Waals surface area contributed by atoms with Crippen LogP contribution in [0, 0.1) is 0 Å². The van der Waals surface area contributed by atoms with Gasteiger partial charge < -0.3 is 57.3 Å². The Kier molecular flexibility index (Phi) is 22.8. The molecule has 324 valence electrons. The molecule has 0 fully saturated rings. The maximum atomic E-state index is 11.3. The van der Waals surface area contributed by atoms with Crippen LogP contribution in [0.1, 0.15) is 0 Å². The van der Waals surface area contributed by atoms with Crippen molar-refractivity contribution in [2.75, 3.05) is 0 Å². The summed E-state index contributed by atoms with van der Waals surface area (Å²) in [5, 5.41) is 45.4. The van der Waals surface area contributed by atoms with Crippen LogP contribution in [0.3, 0.4) is 0 Å². The van der Waals surface area contributed by atoms with E-state index in [2.05, 4.69) is 39.9 Å². The summed E-state index contributed by atoms with van der Waals surface area (Å²) in [5.74, 6) is 1.77. The quantitative estimate of drug-likeness (QED) is 0.123. The van der Waals surface area contributed by atoms with Crippen LogP contribution in [-0.4, -0.2) is 69.2 Å². The molecule has 25 heteroatoms. The SMILES string of the molecule is [O-]B(Oc1ccccn1)Oc1ccccn1.[O-]B(Oc1ccccn1)Oc1ccccn1.[O-]B(Oc1ccccn1)Oc1ccccn1.[O-]B(Oc1ccccn1)Oc1ccccn1.[Ru+4]. The van der Waals surface area contributed by atoms with Crippen LogP contribution in [0.25, 0.3) is 0 Å². The first kappa shape index (κ1) is 50.0. The first-order valence-corrected chi connectivity index (χ1v) is 18.6. The van der Waals surface area contributed by atoms with Gasteiger partial charge >= 0.3 is 48.8 Å². The van der Waals surface area contributed by atoms with E-state index in [9.17, 15) is 20.1 Å². The van der Waals surface area contributed by atoms with Crippen molar-refractivity contribution in [3.05, 3.63) is 195 Å². The van der Waals surface area contributed by atoms with Gasteiger partial charge in [-0.1, -0.05) is 48.5 Å². The fourth-order valence-electron chi connectivity index (χ4n) is 4.22. The predicted octanol–water partition coefficient (Wildman–Crippen LogP) is 1.12. The molecule has 0 atom stereocenters. The Hall–Kier alpha value is -7.68. The molecule has 65 heavy (non-hydrogen) atoms. The predicted molar refractivity (Wildman–Crippen MR) is 222 cm³/mol. The van der Waals surface area contributed by atoms with Gasteiger partial charge in [-0.3, -0.25) is 0 Å². The summed E-state index contributed by atoms with van der Waals surface area (Å²) in [5.41, 5.74) is 0. The third kappa shape index (κ3) is 21.3. The minimum atomic E-state index is -1.68. The minimum absolute atomic E-state index is 0. The standard InChI is InChI=1S/4C10H8BN2O3.Ru/c4*14-11(15-9-5-1-3-7-12-9)16-10-6-2-4-8-13-10;/h4*1-8H;/q4*-1;+4. The zero-order valence-corrected chi connectivity index (χ0v) is 35.4. The monoisotopic (exact) mass is 962 g/mol. The van der Waals surface area contributed by atoms with Gasteiger partial charge in [0.15, 0.2) is 47.0 Å². The van der Waals surface area contributed by atoms with E-state index in [1.807, 2.05) is 0 Å². The molecule has 8 aromatic heterocycles. The van der Waals surface area contributed by atoms with E-state index >= 15 is 0 Å².